The number of hydrogen-bond acceptors (Lipinski definition) is 3. The molecule has 0 aliphatic heterocycles. The lowest BCUT2D eigenvalue weighted by atomic mass is 10.1. The molecule has 0 aliphatic rings. The van der Waals surface area contributed by atoms with Gasteiger partial charge in [-0.1, -0.05) is 0 Å². The summed E-state index contributed by atoms with van der Waals surface area (Å²) in [7, 11) is 1.95. The predicted octanol–water partition coefficient (Wildman–Crippen LogP) is 2.25. The molecule has 0 aliphatic carbocycles. The fraction of sp³-hybridized carbons (Fsp3) is 0.538. The van der Waals surface area contributed by atoms with Crippen molar-refractivity contribution in [3.8, 4) is 11.5 Å². The highest BCUT2D eigenvalue weighted by atomic mass is 16.5. The fourth-order valence-electron chi connectivity index (χ4n) is 1.56. The maximum absolute atomic E-state index is 5.58. The molecule has 0 spiro atoms. The van der Waals surface area contributed by atoms with Crippen LogP contribution in [0.25, 0.3) is 0 Å². The van der Waals surface area contributed by atoms with Crippen molar-refractivity contribution in [1.82, 2.24) is 5.32 Å². The van der Waals surface area contributed by atoms with Crippen LogP contribution in [0.2, 0.25) is 0 Å². The molecular formula is C13H21NO2. The summed E-state index contributed by atoms with van der Waals surface area (Å²) in [6.45, 7) is 6.32. The van der Waals surface area contributed by atoms with Crippen molar-refractivity contribution in [2.45, 2.75) is 20.3 Å². The molecule has 0 radical (unpaired) electrons. The quantitative estimate of drug-likeness (QED) is 0.769. The van der Waals surface area contributed by atoms with E-state index in [0.29, 0.717) is 13.2 Å². The molecule has 1 N–H and O–H groups in total. The van der Waals surface area contributed by atoms with Gasteiger partial charge in [-0.3, -0.25) is 0 Å². The topological polar surface area (TPSA) is 30.5 Å². The van der Waals surface area contributed by atoms with Crippen molar-refractivity contribution in [2.24, 2.45) is 0 Å². The van der Waals surface area contributed by atoms with Gasteiger partial charge in [0.25, 0.3) is 0 Å². The molecule has 90 valence electrons. The second kappa shape index (κ2) is 7.12. The van der Waals surface area contributed by atoms with E-state index in [0.717, 1.165) is 24.5 Å². The lowest BCUT2D eigenvalue weighted by molar-refractivity contribution is 0.327. The Morgan fingerprint density at radius 2 is 1.88 bits per heavy atom. The van der Waals surface area contributed by atoms with E-state index in [9.17, 15) is 0 Å². The van der Waals surface area contributed by atoms with Crippen molar-refractivity contribution in [2.75, 3.05) is 26.8 Å². The third-order valence-corrected chi connectivity index (χ3v) is 2.29. The Kier molecular flexibility index (Phi) is 5.72. The van der Waals surface area contributed by atoms with Crippen molar-refractivity contribution in [3.05, 3.63) is 23.8 Å². The number of nitrogens with one attached hydrogen (secondary N) is 1. The van der Waals surface area contributed by atoms with Crippen molar-refractivity contribution >= 4 is 0 Å². The van der Waals surface area contributed by atoms with Crippen LogP contribution in [0.15, 0.2) is 18.2 Å². The molecule has 1 rings (SSSR count). The zero-order valence-corrected chi connectivity index (χ0v) is 10.4. The van der Waals surface area contributed by atoms with Crippen LogP contribution in [0.5, 0.6) is 11.5 Å². The third-order valence-electron chi connectivity index (χ3n) is 2.29. The minimum Gasteiger partial charge on any atom is -0.494 e. The van der Waals surface area contributed by atoms with Gasteiger partial charge in [0.05, 0.1) is 13.2 Å². The largest absolute Gasteiger partial charge is 0.494 e. The lowest BCUT2D eigenvalue weighted by Crippen LogP contribution is -2.11. The minimum atomic E-state index is 0.694. The van der Waals surface area contributed by atoms with E-state index in [1.165, 1.54) is 5.56 Å². The zero-order valence-electron chi connectivity index (χ0n) is 10.4. The molecule has 0 heterocycles. The first-order valence-electron chi connectivity index (χ1n) is 5.84. The molecule has 0 saturated carbocycles. The first kappa shape index (κ1) is 12.8. The summed E-state index contributed by atoms with van der Waals surface area (Å²) in [5.74, 6) is 1.87. The van der Waals surface area contributed by atoms with E-state index in [1.807, 2.05) is 33.0 Å². The van der Waals surface area contributed by atoms with E-state index in [-0.39, 0.29) is 0 Å². The highest BCUT2D eigenvalue weighted by Gasteiger charge is 2.05. The van der Waals surface area contributed by atoms with Crippen LogP contribution in [-0.2, 0) is 6.42 Å². The normalized spacial score (nSPS) is 10.2. The Bertz CT molecular complexity index is 313. The molecule has 0 unspecified atom stereocenters. The predicted molar refractivity (Wildman–Crippen MR) is 66.4 cm³/mol. The SMILES string of the molecule is CCOc1ccc(OCC)c(CCNC)c1. The van der Waals surface area contributed by atoms with Crippen LogP contribution < -0.4 is 14.8 Å². The molecular weight excluding hydrogens is 202 g/mol. The summed E-state index contributed by atoms with van der Waals surface area (Å²) in [4.78, 5) is 0. The van der Waals surface area contributed by atoms with Crippen LogP contribution >= 0.6 is 0 Å². The average molecular weight is 223 g/mol. The Hall–Kier alpha value is -1.22. The lowest BCUT2D eigenvalue weighted by Gasteiger charge is -2.12. The highest BCUT2D eigenvalue weighted by molar-refractivity contribution is 5.40. The van der Waals surface area contributed by atoms with Gasteiger partial charge >= 0.3 is 0 Å². The van der Waals surface area contributed by atoms with Crippen LogP contribution in [0, 0.1) is 0 Å². The first-order chi connectivity index (χ1) is 7.81. The fourth-order valence-corrected chi connectivity index (χ4v) is 1.56. The summed E-state index contributed by atoms with van der Waals surface area (Å²) < 4.78 is 11.1. The molecule has 3 heteroatoms. The molecule has 0 saturated heterocycles. The maximum Gasteiger partial charge on any atom is 0.122 e. The van der Waals surface area contributed by atoms with Crippen molar-refractivity contribution in [1.29, 1.82) is 0 Å². The number of hydrogen-bond donors (Lipinski definition) is 1. The van der Waals surface area contributed by atoms with Gasteiger partial charge in [-0.05, 0) is 57.6 Å². The van der Waals surface area contributed by atoms with Gasteiger partial charge in [0.1, 0.15) is 11.5 Å². The summed E-state index contributed by atoms with van der Waals surface area (Å²) >= 11 is 0. The Morgan fingerprint density at radius 1 is 1.12 bits per heavy atom. The number of ether oxygens (including phenoxy) is 2. The molecule has 1 aromatic carbocycles. The molecule has 0 aromatic heterocycles. The smallest absolute Gasteiger partial charge is 0.122 e. The van der Waals surface area contributed by atoms with Gasteiger partial charge in [0.15, 0.2) is 0 Å². The summed E-state index contributed by atoms with van der Waals surface area (Å²) in [5, 5.41) is 3.14. The molecule has 0 fully saturated rings. The number of benzene rings is 1. The van der Waals surface area contributed by atoms with Gasteiger partial charge in [-0.25, -0.2) is 0 Å². The van der Waals surface area contributed by atoms with E-state index >= 15 is 0 Å². The van der Waals surface area contributed by atoms with Crippen LogP contribution in [-0.4, -0.2) is 26.8 Å². The Labute approximate surface area is 97.8 Å². The monoisotopic (exact) mass is 223 g/mol. The number of rotatable bonds is 7. The molecule has 3 nitrogen and oxygen atoms in total. The third kappa shape index (κ3) is 3.74. The van der Waals surface area contributed by atoms with Crippen LogP contribution in [0.3, 0.4) is 0 Å². The summed E-state index contributed by atoms with van der Waals surface area (Å²) in [5.41, 5.74) is 1.20. The molecule has 1 aromatic rings. The minimum absolute atomic E-state index is 0.694. The zero-order chi connectivity index (χ0) is 11.8. The van der Waals surface area contributed by atoms with Gasteiger partial charge in [0.2, 0.25) is 0 Å². The second-order valence-electron chi connectivity index (χ2n) is 3.49. The van der Waals surface area contributed by atoms with E-state index in [2.05, 4.69) is 11.4 Å². The van der Waals surface area contributed by atoms with Gasteiger partial charge in [-0.15, -0.1) is 0 Å². The number of likely N-dealkylation sites (N-methyl/N-ethyl adjacent to an activating group) is 1. The van der Waals surface area contributed by atoms with Crippen LogP contribution in [0.1, 0.15) is 19.4 Å². The van der Waals surface area contributed by atoms with Crippen LogP contribution in [0.4, 0.5) is 0 Å². The summed E-state index contributed by atoms with van der Waals surface area (Å²) in [6.07, 6.45) is 0.951. The van der Waals surface area contributed by atoms with Crippen molar-refractivity contribution < 1.29 is 9.47 Å². The first-order valence-corrected chi connectivity index (χ1v) is 5.84. The highest BCUT2D eigenvalue weighted by Crippen LogP contribution is 2.24. The summed E-state index contributed by atoms with van der Waals surface area (Å²) in [6, 6.07) is 6.00. The van der Waals surface area contributed by atoms with E-state index in [4.69, 9.17) is 9.47 Å². The molecule has 0 bridgehead atoms. The van der Waals surface area contributed by atoms with Crippen molar-refractivity contribution in [3.63, 3.8) is 0 Å². The maximum atomic E-state index is 5.58. The van der Waals surface area contributed by atoms with E-state index < -0.39 is 0 Å². The molecule has 0 atom stereocenters. The van der Waals surface area contributed by atoms with E-state index in [1.54, 1.807) is 0 Å². The van der Waals surface area contributed by atoms with Gasteiger partial charge < -0.3 is 14.8 Å². The standard InChI is InChI=1S/C13H21NO2/c1-4-15-12-6-7-13(16-5-2)11(10-12)8-9-14-3/h6-7,10,14H,4-5,8-9H2,1-3H3. The molecule has 0 amide bonds. The average Bonchev–Trinajstić information content (AvgIpc) is 2.30. The Morgan fingerprint density at radius 3 is 2.50 bits per heavy atom. The van der Waals surface area contributed by atoms with Gasteiger partial charge in [-0.2, -0.15) is 0 Å². The molecule has 16 heavy (non-hydrogen) atoms. The Balaban J connectivity index is 2.82. The second-order valence-corrected chi connectivity index (χ2v) is 3.49. The van der Waals surface area contributed by atoms with Gasteiger partial charge in [0, 0.05) is 0 Å².